The molecule has 1 aromatic heterocycles. The fourth-order valence-corrected chi connectivity index (χ4v) is 2.66. The molecule has 0 atom stereocenters. The van der Waals surface area contributed by atoms with E-state index >= 15 is 0 Å². The Morgan fingerprint density at radius 3 is 2.50 bits per heavy atom. The van der Waals surface area contributed by atoms with E-state index in [0.29, 0.717) is 41.9 Å². The van der Waals surface area contributed by atoms with Gasteiger partial charge in [-0.1, -0.05) is 0 Å². The lowest BCUT2D eigenvalue weighted by Crippen LogP contribution is -1.98. The second-order valence-electron chi connectivity index (χ2n) is 5.56. The minimum Gasteiger partial charge on any atom is -0.507 e. The van der Waals surface area contributed by atoms with E-state index in [2.05, 4.69) is 9.97 Å². The van der Waals surface area contributed by atoms with E-state index in [1.165, 1.54) is 0 Å². The van der Waals surface area contributed by atoms with Gasteiger partial charge in [-0.25, -0.2) is 4.98 Å². The lowest BCUT2D eigenvalue weighted by molar-refractivity contribution is 0.288. The molecule has 0 aliphatic carbocycles. The van der Waals surface area contributed by atoms with Gasteiger partial charge in [0.05, 0.1) is 37.8 Å². The molecule has 136 valence electrons. The van der Waals surface area contributed by atoms with Gasteiger partial charge >= 0.3 is 0 Å². The van der Waals surface area contributed by atoms with Gasteiger partial charge in [-0.3, -0.25) is 0 Å². The van der Waals surface area contributed by atoms with Crippen molar-refractivity contribution in [3.63, 3.8) is 0 Å². The first-order valence-electron chi connectivity index (χ1n) is 8.48. The van der Waals surface area contributed by atoms with Crippen molar-refractivity contribution in [2.75, 3.05) is 20.3 Å². The highest BCUT2D eigenvalue weighted by molar-refractivity contribution is 5.70. The van der Waals surface area contributed by atoms with Crippen LogP contribution in [0, 0.1) is 0 Å². The zero-order chi connectivity index (χ0) is 18.5. The first-order chi connectivity index (χ1) is 12.7. The van der Waals surface area contributed by atoms with Crippen LogP contribution in [0.1, 0.15) is 13.8 Å². The molecule has 26 heavy (non-hydrogen) atoms. The number of aromatic amines is 1. The molecule has 2 aromatic carbocycles. The Bertz CT molecular complexity index is 889. The number of aromatic nitrogens is 2. The van der Waals surface area contributed by atoms with Crippen LogP contribution in [0.15, 0.2) is 42.6 Å². The summed E-state index contributed by atoms with van der Waals surface area (Å²) in [6.07, 6.45) is 1.72. The van der Waals surface area contributed by atoms with Crippen LogP contribution in [-0.2, 0) is 0 Å². The Balaban J connectivity index is 1.96. The number of nitrogens with zero attached hydrogens (tertiary/aromatic N) is 1. The van der Waals surface area contributed by atoms with Gasteiger partial charge in [0.15, 0.2) is 11.5 Å². The third kappa shape index (κ3) is 3.59. The predicted molar refractivity (Wildman–Crippen MR) is 100 cm³/mol. The Morgan fingerprint density at radius 2 is 1.77 bits per heavy atom. The maximum Gasteiger partial charge on any atom is 0.161 e. The van der Waals surface area contributed by atoms with E-state index in [1.807, 2.05) is 32.0 Å². The van der Waals surface area contributed by atoms with E-state index in [1.54, 1.807) is 31.5 Å². The van der Waals surface area contributed by atoms with Gasteiger partial charge in [-0.15, -0.1) is 0 Å². The van der Waals surface area contributed by atoms with Crippen molar-refractivity contribution in [2.24, 2.45) is 0 Å². The summed E-state index contributed by atoms with van der Waals surface area (Å²) in [4.78, 5) is 7.63. The van der Waals surface area contributed by atoms with Gasteiger partial charge < -0.3 is 24.3 Å². The number of aromatic hydroxyl groups is 1. The summed E-state index contributed by atoms with van der Waals surface area (Å²) in [6.45, 7) is 4.99. The molecule has 3 aromatic rings. The monoisotopic (exact) mass is 354 g/mol. The predicted octanol–water partition coefficient (Wildman–Crippen LogP) is 4.26. The molecule has 0 aliphatic heterocycles. The van der Waals surface area contributed by atoms with Crippen molar-refractivity contribution >= 4 is 0 Å². The Kier molecular flexibility index (Phi) is 5.31. The quantitative estimate of drug-likeness (QED) is 0.663. The average Bonchev–Trinajstić information content (AvgIpc) is 3.14. The standard InChI is InChI=1S/C20H22N2O4/c1-4-25-18-9-6-13(10-19(18)26-5-2)16-12-21-20(22-16)15-11-14(24-3)7-8-17(15)23/h6-12,23H,4-5H2,1-3H3,(H,21,22). The Labute approximate surface area is 152 Å². The van der Waals surface area contributed by atoms with Crippen LogP contribution in [0.2, 0.25) is 0 Å². The number of phenols is 1. The van der Waals surface area contributed by atoms with Gasteiger partial charge in [-0.2, -0.15) is 0 Å². The third-order valence-electron chi connectivity index (χ3n) is 3.89. The second kappa shape index (κ2) is 7.82. The van der Waals surface area contributed by atoms with E-state index in [9.17, 15) is 5.11 Å². The van der Waals surface area contributed by atoms with E-state index in [-0.39, 0.29) is 5.75 Å². The second-order valence-corrected chi connectivity index (χ2v) is 5.56. The fourth-order valence-electron chi connectivity index (χ4n) is 2.66. The van der Waals surface area contributed by atoms with Crippen LogP contribution in [0.3, 0.4) is 0 Å². The highest BCUT2D eigenvalue weighted by Crippen LogP contribution is 2.35. The van der Waals surface area contributed by atoms with Crippen LogP contribution in [0.5, 0.6) is 23.0 Å². The molecule has 0 radical (unpaired) electrons. The van der Waals surface area contributed by atoms with Crippen LogP contribution in [-0.4, -0.2) is 35.4 Å². The SMILES string of the molecule is CCOc1ccc(-c2cnc(-c3cc(OC)ccc3O)[nH]2)cc1OCC. The minimum atomic E-state index is 0.133. The minimum absolute atomic E-state index is 0.133. The van der Waals surface area contributed by atoms with E-state index in [0.717, 1.165) is 11.3 Å². The Hall–Kier alpha value is -3.15. The molecule has 0 fully saturated rings. The smallest absolute Gasteiger partial charge is 0.161 e. The molecule has 0 amide bonds. The highest BCUT2D eigenvalue weighted by atomic mass is 16.5. The topological polar surface area (TPSA) is 76.6 Å². The number of nitrogens with one attached hydrogen (secondary N) is 1. The van der Waals surface area contributed by atoms with Gasteiger partial charge in [0.25, 0.3) is 0 Å². The first kappa shape index (κ1) is 17.7. The molecule has 0 saturated heterocycles. The first-order valence-corrected chi connectivity index (χ1v) is 8.48. The molecule has 6 nitrogen and oxygen atoms in total. The molecule has 2 N–H and O–H groups in total. The number of benzene rings is 2. The van der Waals surface area contributed by atoms with Crippen LogP contribution in [0.4, 0.5) is 0 Å². The maximum absolute atomic E-state index is 10.1. The number of hydrogen-bond acceptors (Lipinski definition) is 5. The van der Waals surface area contributed by atoms with Gasteiger partial charge in [-0.05, 0) is 50.2 Å². The number of methoxy groups -OCH3 is 1. The molecular weight excluding hydrogens is 332 g/mol. The average molecular weight is 354 g/mol. The van der Waals surface area contributed by atoms with Gasteiger partial charge in [0.2, 0.25) is 0 Å². The number of ether oxygens (including phenoxy) is 3. The molecular formula is C20H22N2O4. The van der Waals surface area contributed by atoms with Crippen LogP contribution >= 0.6 is 0 Å². The third-order valence-corrected chi connectivity index (χ3v) is 3.89. The lowest BCUT2D eigenvalue weighted by Gasteiger charge is -2.11. The molecule has 3 rings (SSSR count). The maximum atomic E-state index is 10.1. The molecule has 0 saturated carbocycles. The Morgan fingerprint density at radius 1 is 1.00 bits per heavy atom. The summed E-state index contributed by atoms with van der Waals surface area (Å²) in [5.41, 5.74) is 2.30. The van der Waals surface area contributed by atoms with Crippen molar-refractivity contribution in [2.45, 2.75) is 13.8 Å². The summed E-state index contributed by atoms with van der Waals surface area (Å²) in [6, 6.07) is 10.8. The molecule has 0 spiro atoms. The van der Waals surface area contributed by atoms with Crippen molar-refractivity contribution in [3.8, 4) is 45.6 Å². The van der Waals surface area contributed by atoms with Crippen molar-refractivity contribution in [1.29, 1.82) is 0 Å². The zero-order valence-electron chi connectivity index (χ0n) is 15.1. The van der Waals surface area contributed by atoms with Crippen molar-refractivity contribution in [3.05, 3.63) is 42.6 Å². The zero-order valence-corrected chi connectivity index (χ0v) is 15.1. The number of imidazole rings is 1. The number of phenolic OH excluding ortho intramolecular Hbond substituents is 1. The largest absolute Gasteiger partial charge is 0.507 e. The summed E-state index contributed by atoms with van der Waals surface area (Å²) >= 11 is 0. The molecule has 0 unspecified atom stereocenters. The van der Waals surface area contributed by atoms with Crippen molar-refractivity contribution < 1.29 is 19.3 Å². The lowest BCUT2D eigenvalue weighted by atomic mass is 10.1. The number of H-pyrrole nitrogens is 1. The summed E-state index contributed by atoms with van der Waals surface area (Å²) in [5, 5.41) is 10.1. The molecule has 1 heterocycles. The fraction of sp³-hybridized carbons (Fsp3) is 0.250. The van der Waals surface area contributed by atoms with Crippen LogP contribution in [0.25, 0.3) is 22.6 Å². The van der Waals surface area contributed by atoms with E-state index in [4.69, 9.17) is 14.2 Å². The normalized spacial score (nSPS) is 10.6. The van der Waals surface area contributed by atoms with Crippen molar-refractivity contribution in [1.82, 2.24) is 9.97 Å². The summed E-state index contributed by atoms with van der Waals surface area (Å²) in [5.74, 6) is 2.74. The van der Waals surface area contributed by atoms with Gasteiger partial charge in [0, 0.05) is 5.56 Å². The highest BCUT2D eigenvalue weighted by Gasteiger charge is 2.13. The summed E-state index contributed by atoms with van der Waals surface area (Å²) in [7, 11) is 1.58. The van der Waals surface area contributed by atoms with Gasteiger partial charge in [0.1, 0.15) is 17.3 Å². The van der Waals surface area contributed by atoms with Crippen LogP contribution < -0.4 is 14.2 Å². The van der Waals surface area contributed by atoms with E-state index < -0.39 is 0 Å². The molecule has 6 heteroatoms. The molecule has 0 bridgehead atoms. The number of hydrogen-bond donors (Lipinski definition) is 2. The summed E-state index contributed by atoms with van der Waals surface area (Å²) < 4.78 is 16.5. The molecule has 0 aliphatic rings. The number of rotatable bonds is 7.